The van der Waals surface area contributed by atoms with E-state index in [2.05, 4.69) is 70.7 Å². The van der Waals surface area contributed by atoms with Crippen LogP contribution >= 0.6 is 12.4 Å². The highest BCUT2D eigenvalue weighted by atomic mass is 35.5. The van der Waals surface area contributed by atoms with Crippen LogP contribution in [0.2, 0.25) is 0 Å². The van der Waals surface area contributed by atoms with E-state index < -0.39 is 0 Å². The largest absolute Gasteiger partial charge is 0.384 e. The molecule has 0 aromatic heterocycles. The summed E-state index contributed by atoms with van der Waals surface area (Å²) in [7, 11) is 2.30. The molecule has 0 radical (unpaired) electrons. The Balaban J connectivity index is 0.00000196. The minimum atomic E-state index is 0. The fraction of sp³-hybridized carbons (Fsp3) is 0.455. The first-order chi connectivity index (χ1) is 12.3. The average molecular weight is 372 g/mol. The molecular weight excluding hydrogens is 342 g/mol. The predicted molar refractivity (Wildman–Crippen MR) is 112 cm³/mol. The van der Waals surface area contributed by atoms with E-state index in [0.29, 0.717) is 6.04 Å². The lowest BCUT2D eigenvalue weighted by Crippen LogP contribution is -2.42. The highest BCUT2D eigenvalue weighted by Crippen LogP contribution is 2.28. The second-order valence-electron chi connectivity index (χ2n) is 7.54. The number of likely N-dealkylation sites (tertiary alicyclic amines) is 1. The number of benzene rings is 2. The van der Waals surface area contributed by atoms with E-state index in [1.54, 1.807) is 0 Å². The van der Waals surface area contributed by atoms with E-state index >= 15 is 0 Å². The first-order valence-electron chi connectivity index (χ1n) is 9.61. The van der Waals surface area contributed by atoms with Crippen LogP contribution < -0.4 is 5.32 Å². The number of anilines is 1. The monoisotopic (exact) mass is 371 g/mol. The van der Waals surface area contributed by atoms with Crippen LogP contribution in [0.1, 0.15) is 29.5 Å². The van der Waals surface area contributed by atoms with E-state index in [-0.39, 0.29) is 12.4 Å². The number of para-hydroxylation sites is 1. The lowest BCUT2D eigenvalue weighted by Gasteiger charge is -2.37. The second-order valence-corrected chi connectivity index (χ2v) is 7.54. The molecule has 0 saturated carbocycles. The summed E-state index contributed by atoms with van der Waals surface area (Å²) in [5, 5.41) is 3.58. The van der Waals surface area contributed by atoms with Crippen LogP contribution in [0.15, 0.2) is 48.5 Å². The van der Waals surface area contributed by atoms with Gasteiger partial charge in [0.25, 0.3) is 0 Å². The topological polar surface area (TPSA) is 18.5 Å². The number of halogens is 1. The van der Waals surface area contributed by atoms with Gasteiger partial charge >= 0.3 is 0 Å². The highest BCUT2D eigenvalue weighted by Gasteiger charge is 2.23. The summed E-state index contributed by atoms with van der Waals surface area (Å²) in [6.07, 6.45) is 3.71. The van der Waals surface area contributed by atoms with Crippen molar-refractivity contribution in [2.24, 2.45) is 0 Å². The smallest absolute Gasteiger partial charge is 0.0419 e. The first kappa shape index (κ1) is 19.2. The molecule has 1 fully saturated rings. The molecule has 140 valence electrons. The van der Waals surface area contributed by atoms with Crippen LogP contribution in [-0.2, 0) is 19.5 Å². The molecule has 0 atom stereocenters. The van der Waals surface area contributed by atoms with Crippen molar-refractivity contribution in [2.75, 3.05) is 32.0 Å². The van der Waals surface area contributed by atoms with Crippen molar-refractivity contribution < 1.29 is 0 Å². The zero-order chi connectivity index (χ0) is 17.1. The number of nitrogens with zero attached hydrogens (tertiary/aromatic N) is 2. The summed E-state index contributed by atoms with van der Waals surface area (Å²) in [4.78, 5) is 5.16. The fourth-order valence-corrected chi connectivity index (χ4v) is 4.30. The van der Waals surface area contributed by atoms with Gasteiger partial charge in [0.1, 0.15) is 0 Å². The zero-order valence-electron chi connectivity index (χ0n) is 15.7. The van der Waals surface area contributed by atoms with Crippen LogP contribution in [0.5, 0.6) is 0 Å². The van der Waals surface area contributed by atoms with Crippen LogP contribution in [0, 0.1) is 0 Å². The van der Waals surface area contributed by atoms with Gasteiger partial charge in [-0.15, -0.1) is 12.4 Å². The van der Waals surface area contributed by atoms with E-state index in [1.807, 2.05) is 0 Å². The van der Waals surface area contributed by atoms with Gasteiger partial charge in [-0.3, -0.25) is 9.80 Å². The zero-order valence-corrected chi connectivity index (χ0v) is 16.5. The molecule has 2 aliphatic rings. The summed E-state index contributed by atoms with van der Waals surface area (Å²) in [6.45, 7) is 5.64. The number of piperidine rings is 1. The minimum absolute atomic E-state index is 0. The number of rotatable bonds is 5. The minimum Gasteiger partial charge on any atom is -0.384 e. The standard InChI is InChI=1S/C22H29N3.ClH/c1-24(17-20-9-5-8-19-10-13-23-22(19)20)21-11-14-25(15-12-21)16-18-6-3-2-4-7-18;/h2-9,21,23H,10-17H2,1H3;1H. The molecule has 0 aliphatic carbocycles. The summed E-state index contributed by atoms with van der Waals surface area (Å²) >= 11 is 0. The van der Waals surface area contributed by atoms with Crippen molar-refractivity contribution in [3.05, 3.63) is 65.2 Å². The SMILES string of the molecule is CN(Cc1cccc2c1NCC2)C1CCN(Cc2ccccc2)CC1.Cl. The maximum Gasteiger partial charge on any atom is 0.0419 e. The molecule has 0 amide bonds. The van der Waals surface area contributed by atoms with Crippen LogP contribution in [0.25, 0.3) is 0 Å². The van der Waals surface area contributed by atoms with Gasteiger partial charge in [-0.2, -0.15) is 0 Å². The molecule has 4 heteroatoms. The van der Waals surface area contributed by atoms with Gasteiger partial charge in [0.05, 0.1) is 0 Å². The summed E-state index contributed by atoms with van der Waals surface area (Å²) in [6, 6.07) is 18.3. The molecule has 3 nitrogen and oxygen atoms in total. The van der Waals surface area contributed by atoms with Crippen molar-refractivity contribution in [1.29, 1.82) is 0 Å². The van der Waals surface area contributed by atoms with Gasteiger partial charge in [-0.05, 0) is 56.1 Å². The third-order valence-corrected chi connectivity index (χ3v) is 5.78. The predicted octanol–water partition coefficient (Wildman–Crippen LogP) is 4.17. The lowest BCUT2D eigenvalue weighted by molar-refractivity contribution is 0.119. The Bertz CT molecular complexity index is 696. The van der Waals surface area contributed by atoms with E-state index in [1.165, 1.54) is 54.7 Å². The van der Waals surface area contributed by atoms with Gasteiger partial charge in [-0.1, -0.05) is 48.5 Å². The maximum absolute atomic E-state index is 3.58. The van der Waals surface area contributed by atoms with Gasteiger partial charge in [-0.25, -0.2) is 0 Å². The molecule has 1 N–H and O–H groups in total. The molecule has 0 unspecified atom stereocenters. The van der Waals surface area contributed by atoms with Crippen molar-refractivity contribution in [2.45, 2.75) is 38.4 Å². The number of fused-ring (bicyclic) bond motifs is 1. The highest BCUT2D eigenvalue weighted by molar-refractivity contribution is 5.85. The van der Waals surface area contributed by atoms with Gasteiger partial charge in [0.2, 0.25) is 0 Å². The normalized spacial score (nSPS) is 17.6. The van der Waals surface area contributed by atoms with E-state index in [4.69, 9.17) is 0 Å². The maximum atomic E-state index is 3.58. The van der Waals surface area contributed by atoms with Crippen LogP contribution in [0.3, 0.4) is 0 Å². The molecule has 2 aliphatic heterocycles. The number of hydrogen-bond acceptors (Lipinski definition) is 3. The van der Waals surface area contributed by atoms with Crippen molar-refractivity contribution in [3.8, 4) is 0 Å². The van der Waals surface area contributed by atoms with E-state index in [0.717, 1.165) is 19.6 Å². The first-order valence-corrected chi connectivity index (χ1v) is 9.61. The molecule has 26 heavy (non-hydrogen) atoms. The van der Waals surface area contributed by atoms with Crippen molar-refractivity contribution in [1.82, 2.24) is 9.80 Å². The third-order valence-electron chi connectivity index (χ3n) is 5.78. The summed E-state index contributed by atoms with van der Waals surface area (Å²) < 4.78 is 0. The second kappa shape index (κ2) is 8.90. The molecule has 2 aromatic carbocycles. The van der Waals surface area contributed by atoms with Crippen LogP contribution in [-0.4, -0.2) is 42.5 Å². The Morgan fingerprint density at radius 3 is 2.58 bits per heavy atom. The molecular formula is C22H30ClN3. The number of nitrogens with one attached hydrogen (secondary N) is 1. The Morgan fingerprint density at radius 1 is 1.04 bits per heavy atom. The fourth-order valence-electron chi connectivity index (χ4n) is 4.30. The summed E-state index contributed by atoms with van der Waals surface area (Å²) in [5.41, 5.74) is 5.78. The van der Waals surface area contributed by atoms with Gasteiger partial charge < -0.3 is 5.32 Å². The Labute approximate surface area is 163 Å². The molecule has 0 spiro atoms. The van der Waals surface area contributed by atoms with Crippen molar-refractivity contribution in [3.63, 3.8) is 0 Å². The molecule has 1 saturated heterocycles. The van der Waals surface area contributed by atoms with Crippen LogP contribution in [0.4, 0.5) is 5.69 Å². The Hall–Kier alpha value is -1.55. The van der Waals surface area contributed by atoms with Crippen molar-refractivity contribution >= 4 is 18.1 Å². The summed E-state index contributed by atoms with van der Waals surface area (Å²) in [5.74, 6) is 0. The molecule has 2 heterocycles. The number of hydrogen-bond donors (Lipinski definition) is 1. The molecule has 2 aromatic rings. The third kappa shape index (κ3) is 4.40. The Morgan fingerprint density at radius 2 is 1.81 bits per heavy atom. The quantitative estimate of drug-likeness (QED) is 0.850. The van der Waals surface area contributed by atoms with E-state index in [9.17, 15) is 0 Å². The lowest BCUT2D eigenvalue weighted by atomic mass is 10.0. The molecule has 0 bridgehead atoms. The average Bonchev–Trinajstić information content (AvgIpc) is 3.13. The van der Waals surface area contributed by atoms with Gasteiger partial charge in [0, 0.05) is 31.4 Å². The van der Waals surface area contributed by atoms with Gasteiger partial charge in [0.15, 0.2) is 0 Å². The Kier molecular flexibility index (Phi) is 6.58. The molecule has 4 rings (SSSR count).